The molecule has 0 aliphatic heterocycles. The molecule has 0 rings (SSSR count). The van der Waals surface area contributed by atoms with Crippen molar-refractivity contribution in [3.05, 3.63) is 0 Å². The standard InChI is InChI=1S/4C3H9Si.N.2Zn/c4*1-4(2)3;;;/h4*1-3H3;;;. The van der Waals surface area contributed by atoms with Gasteiger partial charge in [-0.3, -0.25) is 0 Å². The molecule has 3 radical (unpaired) electrons. The SMILES string of the molecule is C[Si](C)(C)[Zn][Si](C)(C)C.C[Si](C)(C)[Zn][Si](C)(C)C.[N]. The molecular weight excluding hydrogens is 401 g/mol. The Hall–Kier alpha value is 2.07. The monoisotopic (exact) mass is 434 g/mol. The van der Waals surface area contributed by atoms with Crippen molar-refractivity contribution in [3.8, 4) is 0 Å². The van der Waals surface area contributed by atoms with E-state index in [-0.39, 0.29) is 37.6 Å². The van der Waals surface area contributed by atoms with Crippen LogP contribution in [-0.2, 0) is 31.5 Å². The molecule has 0 fully saturated rings. The van der Waals surface area contributed by atoms with E-state index >= 15 is 0 Å². The molecule has 0 N–H and O–H groups in total. The molecule has 7 heteroatoms. The number of nitrogens with zero attached hydrogens (tertiary/aromatic N) is 1. The second-order valence-electron chi connectivity index (χ2n) is 10.6. The zero-order chi connectivity index (χ0) is 15.4. The van der Waals surface area contributed by atoms with Gasteiger partial charge in [0.2, 0.25) is 0 Å². The van der Waals surface area contributed by atoms with Crippen LogP contribution in [0.5, 0.6) is 0 Å². The Bertz CT molecular complexity index is 184. The Labute approximate surface area is 140 Å². The first-order valence-electron chi connectivity index (χ1n) is 7.41. The van der Waals surface area contributed by atoms with Crippen molar-refractivity contribution >= 4 is 25.2 Å². The molecule has 109 valence electrons. The topological polar surface area (TPSA) is 30.5 Å². The molecule has 0 aromatic rings. The average Bonchev–Trinajstić information content (AvgIpc) is 1.64. The fourth-order valence-corrected chi connectivity index (χ4v) is 149. The maximum absolute atomic E-state index is 2.55. The largest absolute Gasteiger partial charge is 0 e. The molecule has 0 saturated carbocycles. The molecule has 0 aromatic carbocycles. The summed E-state index contributed by atoms with van der Waals surface area (Å²) < 4.78 is 0. The molecule has 0 unspecified atom stereocenters. The molecule has 0 aromatic heterocycles. The van der Waals surface area contributed by atoms with Crippen LogP contribution in [0, 0.1) is 0 Å². The molecule has 0 aliphatic carbocycles. The first-order chi connectivity index (χ1) is 7.41. The molecule has 0 bridgehead atoms. The van der Waals surface area contributed by atoms with E-state index in [4.69, 9.17) is 0 Å². The summed E-state index contributed by atoms with van der Waals surface area (Å²) in [5.74, 6) is 0. The number of hydrogen-bond donors (Lipinski definition) is 0. The van der Waals surface area contributed by atoms with Crippen molar-refractivity contribution in [1.82, 2.24) is 6.15 Å². The third kappa shape index (κ3) is 33.1. The van der Waals surface area contributed by atoms with E-state index in [2.05, 4.69) is 78.6 Å². The van der Waals surface area contributed by atoms with Crippen LogP contribution in [0.25, 0.3) is 0 Å². The first-order valence-corrected chi connectivity index (χ1v) is 40.0. The zero-order valence-electron chi connectivity index (χ0n) is 15.9. The summed E-state index contributed by atoms with van der Waals surface area (Å²) in [5.41, 5.74) is 0. The summed E-state index contributed by atoms with van der Waals surface area (Å²) in [6, 6.07) is 0. The van der Waals surface area contributed by atoms with Gasteiger partial charge in [-0.05, 0) is 0 Å². The van der Waals surface area contributed by atoms with Crippen molar-refractivity contribution < 1.29 is 31.5 Å². The summed E-state index contributed by atoms with van der Waals surface area (Å²) in [4.78, 5) is 0. The van der Waals surface area contributed by atoms with Crippen LogP contribution in [0.1, 0.15) is 0 Å². The second-order valence-corrected chi connectivity index (χ2v) is 101. The predicted octanol–water partition coefficient (Wildman–Crippen LogP) is 5.00. The van der Waals surface area contributed by atoms with E-state index in [0.29, 0.717) is 0 Å². The van der Waals surface area contributed by atoms with Gasteiger partial charge in [0.15, 0.2) is 0 Å². The third-order valence-electron chi connectivity index (χ3n) is 2.12. The van der Waals surface area contributed by atoms with Crippen molar-refractivity contribution in [2.45, 2.75) is 78.6 Å². The van der Waals surface area contributed by atoms with Crippen LogP contribution in [-0.4, -0.2) is 25.2 Å². The molecule has 0 amide bonds. The Morgan fingerprint density at radius 1 is 0.368 bits per heavy atom. The molecule has 0 aliphatic rings. The van der Waals surface area contributed by atoms with Gasteiger partial charge in [0, 0.05) is 6.15 Å². The molecule has 0 atom stereocenters. The smallest absolute Gasteiger partial charge is 0 e. The normalized spacial score (nSPS) is 12.4. The minimum Gasteiger partial charge on any atom is 0 e. The van der Waals surface area contributed by atoms with E-state index in [1.807, 2.05) is 0 Å². The fraction of sp³-hybridized carbons (Fsp3) is 1.00. The molecular formula is C12H36NSi4Zn2. The van der Waals surface area contributed by atoms with Crippen LogP contribution in [0.4, 0.5) is 0 Å². The molecule has 0 saturated heterocycles. The first kappa shape index (κ1) is 26.0. The van der Waals surface area contributed by atoms with Crippen LogP contribution in [0.3, 0.4) is 0 Å². The average molecular weight is 438 g/mol. The van der Waals surface area contributed by atoms with Gasteiger partial charge in [0.1, 0.15) is 0 Å². The number of rotatable bonds is 4. The third-order valence-corrected chi connectivity index (χ3v) is 99.2. The van der Waals surface area contributed by atoms with E-state index in [9.17, 15) is 0 Å². The number of hydrogen-bond acceptors (Lipinski definition) is 0. The Kier molecular flexibility index (Phi) is 12.7. The quantitative estimate of drug-likeness (QED) is 0.555. The van der Waals surface area contributed by atoms with Gasteiger partial charge in [0.05, 0.1) is 0 Å². The van der Waals surface area contributed by atoms with Gasteiger partial charge in [-0.25, -0.2) is 0 Å². The van der Waals surface area contributed by atoms with Gasteiger partial charge in [-0.15, -0.1) is 0 Å². The van der Waals surface area contributed by atoms with Crippen LogP contribution in [0.2, 0.25) is 78.6 Å². The van der Waals surface area contributed by atoms with Gasteiger partial charge < -0.3 is 0 Å². The van der Waals surface area contributed by atoms with E-state index < -0.39 is 25.2 Å². The van der Waals surface area contributed by atoms with Crippen LogP contribution in [0.15, 0.2) is 0 Å². The molecule has 19 heavy (non-hydrogen) atoms. The van der Waals surface area contributed by atoms with Gasteiger partial charge in [-0.2, -0.15) is 0 Å². The van der Waals surface area contributed by atoms with E-state index in [1.165, 1.54) is 0 Å². The van der Waals surface area contributed by atoms with Crippen molar-refractivity contribution in [1.29, 1.82) is 0 Å². The van der Waals surface area contributed by atoms with Crippen LogP contribution < -0.4 is 6.15 Å². The zero-order valence-corrected chi connectivity index (χ0v) is 25.8. The minimum atomic E-state index is -0.543. The van der Waals surface area contributed by atoms with Gasteiger partial charge in [-0.1, -0.05) is 0 Å². The molecule has 0 heterocycles. The Morgan fingerprint density at radius 3 is 0.474 bits per heavy atom. The van der Waals surface area contributed by atoms with Crippen molar-refractivity contribution in [2.24, 2.45) is 0 Å². The predicted molar refractivity (Wildman–Crippen MR) is 95.5 cm³/mol. The summed E-state index contributed by atoms with van der Waals surface area (Å²) in [6.07, 6.45) is -2.17. The van der Waals surface area contributed by atoms with Gasteiger partial charge in [0.25, 0.3) is 0 Å². The fourth-order valence-electron chi connectivity index (χ4n) is 3.18. The van der Waals surface area contributed by atoms with Crippen molar-refractivity contribution in [3.63, 3.8) is 0 Å². The minimum absolute atomic E-state index is 0. The Morgan fingerprint density at radius 2 is 0.474 bits per heavy atom. The van der Waals surface area contributed by atoms with E-state index in [1.54, 1.807) is 0 Å². The van der Waals surface area contributed by atoms with Crippen molar-refractivity contribution in [2.75, 3.05) is 0 Å². The van der Waals surface area contributed by atoms with E-state index in [0.717, 1.165) is 0 Å². The summed E-state index contributed by atoms with van der Waals surface area (Å²) in [5, 5.41) is 0. The van der Waals surface area contributed by atoms with Gasteiger partial charge >= 0.3 is 135 Å². The summed E-state index contributed by atoms with van der Waals surface area (Å²) >= 11 is -0.111. The maximum atomic E-state index is 2.55. The molecule has 0 spiro atoms. The second kappa shape index (κ2) is 9.27. The van der Waals surface area contributed by atoms with Crippen LogP contribution >= 0.6 is 0 Å². The molecule has 1 nitrogen and oxygen atoms in total. The summed E-state index contributed by atoms with van der Waals surface area (Å²) in [7, 11) is 0. The maximum Gasteiger partial charge on any atom is 0 e. The Balaban J connectivity index is -0.000000256. The summed E-state index contributed by atoms with van der Waals surface area (Å²) in [6.45, 7) is 30.6.